The van der Waals surface area contributed by atoms with Crippen LogP contribution in [0.15, 0.2) is 29.2 Å². The fourth-order valence-electron chi connectivity index (χ4n) is 1.80. The number of benzene rings is 1. The van der Waals surface area contributed by atoms with Crippen LogP contribution in [0.25, 0.3) is 0 Å². The van der Waals surface area contributed by atoms with Gasteiger partial charge in [-0.1, -0.05) is 26.0 Å². The molecule has 0 bridgehead atoms. The Kier molecular flexibility index (Phi) is 8.34. The smallest absolute Gasteiger partial charge is 0.207 e. The van der Waals surface area contributed by atoms with Crippen LogP contribution in [0, 0.1) is 5.92 Å². The van der Waals surface area contributed by atoms with Gasteiger partial charge in [-0.15, -0.1) is 0 Å². The van der Waals surface area contributed by atoms with Gasteiger partial charge >= 0.3 is 0 Å². The van der Waals surface area contributed by atoms with E-state index in [0.29, 0.717) is 12.5 Å². The van der Waals surface area contributed by atoms with Gasteiger partial charge in [0, 0.05) is 24.5 Å². The van der Waals surface area contributed by atoms with Crippen LogP contribution in [0.5, 0.6) is 0 Å². The number of carbonyl (C=O) groups is 1. The minimum atomic E-state index is 0.0814. The van der Waals surface area contributed by atoms with Crippen molar-refractivity contribution in [1.82, 2.24) is 9.62 Å². The summed E-state index contributed by atoms with van der Waals surface area (Å²) in [4.78, 5) is 11.4. The van der Waals surface area contributed by atoms with E-state index in [-0.39, 0.29) is 6.61 Å². The van der Waals surface area contributed by atoms with Crippen LogP contribution in [0.2, 0.25) is 0 Å². The Morgan fingerprint density at radius 1 is 1.35 bits per heavy atom. The highest BCUT2D eigenvalue weighted by molar-refractivity contribution is 7.97. The van der Waals surface area contributed by atoms with Crippen molar-refractivity contribution in [2.24, 2.45) is 5.92 Å². The van der Waals surface area contributed by atoms with Crippen LogP contribution in [0.3, 0.4) is 0 Å². The summed E-state index contributed by atoms with van der Waals surface area (Å²) in [6.07, 6.45) is 1.68. The molecule has 0 saturated carbocycles. The molecule has 1 rings (SSSR count). The summed E-state index contributed by atoms with van der Waals surface area (Å²) in [5.41, 5.74) is 0.931. The molecular formula is C15H24N2O2S. The zero-order chi connectivity index (χ0) is 14.8. The van der Waals surface area contributed by atoms with Crippen molar-refractivity contribution in [3.8, 4) is 0 Å². The molecule has 0 aliphatic rings. The Labute approximate surface area is 125 Å². The first kappa shape index (κ1) is 17.0. The third kappa shape index (κ3) is 6.93. The number of nitrogens with zero attached hydrogens (tertiary/aromatic N) is 1. The van der Waals surface area contributed by atoms with Gasteiger partial charge in [-0.3, -0.25) is 4.79 Å². The SMILES string of the molecule is CC(C)CN(CCCNC=O)Sc1ccc(CO)cc1. The predicted octanol–water partition coefficient (Wildman–Crippen LogP) is 2.28. The summed E-state index contributed by atoms with van der Waals surface area (Å²) in [5, 5.41) is 11.7. The molecule has 1 amide bonds. The monoisotopic (exact) mass is 296 g/mol. The van der Waals surface area contributed by atoms with Crippen molar-refractivity contribution in [3.05, 3.63) is 29.8 Å². The van der Waals surface area contributed by atoms with Gasteiger partial charge in [0.15, 0.2) is 0 Å². The second kappa shape index (κ2) is 9.80. The molecule has 0 aliphatic heterocycles. The lowest BCUT2D eigenvalue weighted by Gasteiger charge is -2.23. The van der Waals surface area contributed by atoms with E-state index in [9.17, 15) is 4.79 Å². The van der Waals surface area contributed by atoms with Crippen LogP contribution < -0.4 is 5.32 Å². The highest BCUT2D eigenvalue weighted by Gasteiger charge is 2.09. The van der Waals surface area contributed by atoms with Gasteiger partial charge in [0.25, 0.3) is 0 Å². The molecule has 0 fully saturated rings. The van der Waals surface area contributed by atoms with Gasteiger partial charge < -0.3 is 10.4 Å². The molecule has 0 spiro atoms. The Morgan fingerprint density at radius 2 is 2.05 bits per heavy atom. The van der Waals surface area contributed by atoms with Gasteiger partial charge in [0.2, 0.25) is 6.41 Å². The molecule has 0 heterocycles. The van der Waals surface area contributed by atoms with Crippen LogP contribution in [0.1, 0.15) is 25.8 Å². The maximum atomic E-state index is 10.2. The second-order valence-corrected chi connectivity index (χ2v) is 6.27. The summed E-state index contributed by atoms with van der Waals surface area (Å²) in [6, 6.07) is 7.97. The Morgan fingerprint density at radius 3 is 2.60 bits per heavy atom. The minimum Gasteiger partial charge on any atom is -0.392 e. The molecular weight excluding hydrogens is 272 g/mol. The average Bonchev–Trinajstić information content (AvgIpc) is 2.43. The Hall–Kier alpha value is -1.04. The summed E-state index contributed by atoms with van der Waals surface area (Å²) in [5.74, 6) is 0.596. The normalized spacial score (nSPS) is 11.1. The maximum absolute atomic E-state index is 10.2. The summed E-state index contributed by atoms with van der Waals surface area (Å²) in [7, 11) is 0. The average molecular weight is 296 g/mol. The van der Waals surface area contributed by atoms with E-state index < -0.39 is 0 Å². The maximum Gasteiger partial charge on any atom is 0.207 e. The van der Waals surface area contributed by atoms with Crippen LogP contribution in [-0.2, 0) is 11.4 Å². The summed E-state index contributed by atoms with van der Waals surface area (Å²) < 4.78 is 2.32. The zero-order valence-electron chi connectivity index (χ0n) is 12.2. The lowest BCUT2D eigenvalue weighted by molar-refractivity contribution is -0.109. The zero-order valence-corrected chi connectivity index (χ0v) is 13.0. The first-order chi connectivity index (χ1) is 9.65. The van der Waals surface area contributed by atoms with Crippen LogP contribution >= 0.6 is 11.9 Å². The molecule has 0 unspecified atom stereocenters. The third-order valence-electron chi connectivity index (χ3n) is 2.72. The van der Waals surface area contributed by atoms with Crippen molar-refractivity contribution in [2.45, 2.75) is 31.8 Å². The molecule has 4 nitrogen and oxygen atoms in total. The molecule has 20 heavy (non-hydrogen) atoms. The Bertz CT molecular complexity index is 382. The van der Waals surface area contributed by atoms with Crippen LogP contribution in [0.4, 0.5) is 0 Å². The standard InChI is InChI=1S/C15H24N2O2S/c1-13(2)10-17(9-3-8-16-12-19)20-15-6-4-14(11-18)5-7-15/h4-7,12-13,18H,3,8-11H2,1-2H3,(H,16,19). The number of carbonyl (C=O) groups excluding carboxylic acids is 1. The van der Waals surface area contributed by atoms with Crippen LogP contribution in [-0.4, -0.2) is 35.5 Å². The van der Waals surface area contributed by atoms with E-state index >= 15 is 0 Å². The fraction of sp³-hybridized carbons (Fsp3) is 0.533. The topological polar surface area (TPSA) is 52.6 Å². The lowest BCUT2D eigenvalue weighted by Crippen LogP contribution is -2.25. The largest absolute Gasteiger partial charge is 0.392 e. The van der Waals surface area contributed by atoms with Gasteiger partial charge in [0.1, 0.15) is 0 Å². The van der Waals surface area contributed by atoms with Gasteiger partial charge in [-0.2, -0.15) is 0 Å². The highest BCUT2D eigenvalue weighted by atomic mass is 32.2. The molecule has 0 radical (unpaired) electrons. The number of aliphatic hydroxyl groups excluding tert-OH is 1. The Balaban J connectivity index is 2.51. The third-order valence-corrected chi connectivity index (χ3v) is 3.79. The van der Waals surface area contributed by atoms with E-state index in [1.807, 2.05) is 24.3 Å². The van der Waals surface area contributed by atoms with Crippen molar-refractivity contribution in [3.63, 3.8) is 0 Å². The molecule has 1 aromatic rings. The van der Waals surface area contributed by atoms with E-state index in [1.54, 1.807) is 11.9 Å². The van der Waals surface area contributed by atoms with Crippen molar-refractivity contribution < 1.29 is 9.90 Å². The van der Waals surface area contributed by atoms with E-state index in [1.165, 1.54) is 4.90 Å². The number of rotatable bonds is 10. The molecule has 1 aromatic carbocycles. The van der Waals surface area contributed by atoms with Crippen molar-refractivity contribution in [2.75, 3.05) is 19.6 Å². The number of aliphatic hydroxyl groups is 1. The van der Waals surface area contributed by atoms with Gasteiger partial charge in [-0.05, 0) is 42.0 Å². The molecule has 0 atom stereocenters. The molecule has 0 aromatic heterocycles. The first-order valence-corrected chi connectivity index (χ1v) is 7.72. The number of hydrogen-bond acceptors (Lipinski definition) is 4. The van der Waals surface area contributed by atoms with Crippen molar-refractivity contribution >= 4 is 18.4 Å². The number of nitrogens with one attached hydrogen (secondary N) is 1. The molecule has 2 N–H and O–H groups in total. The van der Waals surface area contributed by atoms with Gasteiger partial charge in [-0.25, -0.2) is 4.31 Å². The van der Waals surface area contributed by atoms with E-state index in [2.05, 4.69) is 23.5 Å². The van der Waals surface area contributed by atoms with Crippen molar-refractivity contribution in [1.29, 1.82) is 0 Å². The number of hydrogen-bond donors (Lipinski definition) is 2. The summed E-state index contributed by atoms with van der Waals surface area (Å²) >= 11 is 1.73. The predicted molar refractivity (Wildman–Crippen MR) is 83.3 cm³/mol. The van der Waals surface area contributed by atoms with E-state index in [0.717, 1.165) is 31.5 Å². The molecule has 0 aliphatic carbocycles. The quantitative estimate of drug-likeness (QED) is 0.395. The minimum absolute atomic E-state index is 0.0814. The summed E-state index contributed by atoms with van der Waals surface area (Å²) in [6.45, 7) is 7.14. The molecule has 112 valence electrons. The van der Waals surface area contributed by atoms with Gasteiger partial charge in [0.05, 0.1) is 6.61 Å². The lowest BCUT2D eigenvalue weighted by atomic mass is 10.2. The highest BCUT2D eigenvalue weighted by Crippen LogP contribution is 2.24. The molecule has 5 heteroatoms. The first-order valence-electron chi connectivity index (χ1n) is 6.95. The fourth-order valence-corrected chi connectivity index (χ4v) is 2.95. The molecule has 0 saturated heterocycles. The van der Waals surface area contributed by atoms with E-state index in [4.69, 9.17) is 5.11 Å². The second-order valence-electron chi connectivity index (χ2n) is 5.10. The number of amides is 1.